The molecule has 1 N–H and O–H groups in total. The van der Waals surface area contributed by atoms with E-state index in [4.69, 9.17) is 18.9 Å². The lowest BCUT2D eigenvalue weighted by Gasteiger charge is -2.30. The molecule has 6 rings (SSSR count). The van der Waals surface area contributed by atoms with Gasteiger partial charge in [0, 0.05) is 39.3 Å². The van der Waals surface area contributed by atoms with E-state index in [-0.39, 0.29) is 19.2 Å². The maximum atomic E-state index is 15.0. The van der Waals surface area contributed by atoms with Crippen LogP contribution in [0.5, 0.6) is 0 Å². The molecule has 2 unspecified atom stereocenters. The van der Waals surface area contributed by atoms with Crippen molar-refractivity contribution in [3.63, 3.8) is 0 Å². The van der Waals surface area contributed by atoms with Gasteiger partial charge < -0.3 is 34.1 Å². The minimum Gasteiger partial charge on any atom is -0.447 e. The molecule has 2 atom stereocenters. The first kappa shape index (κ1) is 27.5. The highest BCUT2D eigenvalue weighted by molar-refractivity contribution is 5.91. The minimum atomic E-state index is -0.549. The summed E-state index contributed by atoms with van der Waals surface area (Å²) in [5, 5.41) is 3.24. The standard InChI is InChI=1S/C28H33F2N5O6/c29-23-13-19(1-3-25(23)32-5-9-38-10-6-32)34-17-22(41-27(34)36)16-31-15-21-18-40-28(37)35(21)20-2-4-26(24(30)14-20)33-7-11-39-12-8-33/h1-4,13-14,21-22,31H,5-12,15-18H2. The molecular weight excluding hydrogens is 540 g/mol. The molecule has 0 bridgehead atoms. The number of rotatable bonds is 8. The summed E-state index contributed by atoms with van der Waals surface area (Å²) >= 11 is 0. The summed E-state index contributed by atoms with van der Waals surface area (Å²) < 4.78 is 51.3. The molecule has 0 aliphatic carbocycles. The van der Waals surface area contributed by atoms with Crippen LogP contribution in [0.2, 0.25) is 0 Å². The van der Waals surface area contributed by atoms with E-state index >= 15 is 0 Å². The van der Waals surface area contributed by atoms with Crippen molar-refractivity contribution in [1.29, 1.82) is 0 Å². The third-order valence-electron chi connectivity index (χ3n) is 7.74. The van der Waals surface area contributed by atoms with Crippen LogP contribution in [-0.4, -0.2) is 103 Å². The molecule has 0 spiro atoms. The zero-order valence-corrected chi connectivity index (χ0v) is 22.6. The predicted octanol–water partition coefficient (Wildman–Crippen LogP) is 2.58. The SMILES string of the molecule is O=C1OC(CNCC2COC(=O)N2c2ccc(N3CCOCC3)c(F)c2)CN1c1ccc(N2CCOCC2)c(F)c1. The van der Waals surface area contributed by atoms with Gasteiger partial charge in [0.05, 0.1) is 61.8 Å². The summed E-state index contributed by atoms with van der Waals surface area (Å²) in [5.41, 5.74) is 1.80. The second kappa shape index (κ2) is 12.0. The molecule has 4 saturated heterocycles. The number of halogens is 2. The fourth-order valence-corrected chi connectivity index (χ4v) is 5.61. The van der Waals surface area contributed by atoms with Gasteiger partial charge in [-0.15, -0.1) is 0 Å². The van der Waals surface area contributed by atoms with Crippen LogP contribution in [-0.2, 0) is 18.9 Å². The molecule has 41 heavy (non-hydrogen) atoms. The molecule has 13 heteroatoms. The summed E-state index contributed by atoms with van der Waals surface area (Å²) in [6.07, 6.45) is -1.57. The van der Waals surface area contributed by atoms with Crippen molar-refractivity contribution in [3.8, 4) is 0 Å². The summed E-state index contributed by atoms with van der Waals surface area (Å²) in [6, 6.07) is 9.12. The smallest absolute Gasteiger partial charge is 0.414 e. The van der Waals surface area contributed by atoms with Gasteiger partial charge in [0.2, 0.25) is 0 Å². The van der Waals surface area contributed by atoms with Crippen LogP contribution in [0.4, 0.5) is 41.1 Å². The molecule has 0 aromatic heterocycles. The quantitative estimate of drug-likeness (QED) is 0.511. The van der Waals surface area contributed by atoms with Gasteiger partial charge in [-0.2, -0.15) is 0 Å². The molecule has 220 valence electrons. The molecule has 2 amide bonds. The summed E-state index contributed by atoms with van der Waals surface area (Å²) in [5.74, 6) is -0.817. The molecular formula is C28H33F2N5O6. The van der Waals surface area contributed by atoms with Gasteiger partial charge in [0.25, 0.3) is 0 Å². The number of hydrogen-bond donors (Lipinski definition) is 1. The first-order chi connectivity index (χ1) is 20.0. The Bertz CT molecular complexity index is 1270. The second-order valence-electron chi connectivity index (χ2n) is 10.3. The largest absolute Gasteiger partial charge is 0.447 e. The maximum absolute atomic E-state index is 15.0. The van der Waals surface area contributed by atoms with Gasteiger partial charge >= 0.3 is 12.2 Å². The fourth-order valence-electron chi connectivity index (χ4n) is 5.61. The number of hydrogen-bond acceptors (Lipinski definition) is 9. The van der Waals surface area contributed by atoms with E-state index in [0.717, 1.165) is 0 Å². The third-order valence-corrected chi connectivity index (χ3v) is 7.74. The Morgan fingerprint density at radius 1 is 0.780 bits per heavy atom. The molecule has 4 fully saturated rings. The lowest BCUT2D eigenvalue weighted by molar-refractivity contribution is 0.122. The molecule has 2 aromatic rings. The third kappa shape index (κ3) is 5.88. The average Bonchev–Trinajstić information content (AvgIpc) is 3.55. The first-order valence-electron chi connectivity index (χ1n) is 13.9. The van der Waals surface area contributed by atoms with Gasteiger partial charge in [-0.1, -0.05) is 0 Å². The zero-order chi connectivity index (χ0) is 28.3. The van der Waals surface area contributed by atoms with Crippen LogP contribution in [0.3, 0.4) is 0 Å². The van der Waals surface area contributed by atoms with Crippen LogP contribution in [0.15, 0.2) is 36.4 Å². The Balaban J connectivity index is 1.04. The van der Waals surface area contributed by atoms with E-state index in [2.05, 4.69) is 5.32 Å². The molecule has 4 aliphatic rings. The Kier molecular flexibility index (Phi) is 8.08. The van der Waals surface area contributed by atoms with E-state index in [1.807, 2.05) is 9.80 Å². The number of anilines is 4. The van der Waals surface area contributed by atoms with E-state index in [1.165, 1.54) is 21.9 Å². The number of ether oxygens (including phenoxy) is 4. The van der Waals surface area contributed by atoms with Gasteiger partial charge in [0.15, 0.2) is 0 Å². The van der Waals surface area contributed by atoms with E-state index in [0.29, 0.717) is 88.4 Å². The van der Waals surface area contributed by atoms with E-state index in [9.17, 15) is 18.4 Å². The number of cyclic esters (lactones) is 2. The van der Waals surface area contributed by atoms with Crippen molar-refractivity contribution in [1.82, 2.24) is 5.32 Å². The van der Waals surface area contributed by atoms with Crippen molar-refractivity contribution < 1.29 is 37.3 Å². The van der Waals surface area contributed by atoms with Crippen LogP contribution in [0, 0.1) is 11.6 Å². The van der Waals surface area contributed by atoms with Crippen molar-refractivity contribution in [2.24, 2.45) is 0 Å². The Labute approximate surface area is 236 Å². The highest BCUT2D eigenvalue weighted by Gasteiger charge is 2.36. The van der Waals surface area contributed by atoms with Gasteiger partial charge in [-0.05, 0) is 36.4 Å². The van der Waals surface area contributed by atoms with Crippen LogP contribution in [0.1, 0.15) is 0 Å². The molecule has 0 radical (unpaired) electrons. The zero-order valence-electron chi connectivity index (χ0n) is 22.6. The summed E-state index contributed by atoms with van der Waals surface area (Å²) in [7, 11) is 0. The molecule has 0 saturated carbocycles. The van der Waals surface area contributed by atoms with Crippen LogP contribution >= 0.6 is 0 Å². The Hall–Kier alpha value is -3.68. The number of morpholine rings is 2. The van der Waals surface area contributed by atoms with Gasteiger partial charge in [0.1, 0.15) is 24.3 Å². The number of nitrogens with one attached hydrogen (secondary N) is 1. The van der Waals surface area contributed by atoms with Gasteiger partial charge in [-0.3, -0.25) is 9.80 Å². The number of benzene rings is 2. The number of carbonyl (C=O) groups excluding carboxylic acids is 2. The van der Waals surface area contributed by atoms with Crippen molar-refractivity contribution in [2.75, 3.05) is 98.4 Å². The second-order valence-corrected chi connectivity index (χ2v) is 10.3. The Morgan fingerprint density at radius 2 is 1.37 bits per heavy atom. The molecule has 11 nitrogen and oxygen atoms in total. The fraction of sp³-hybridized carbons (Fsp3) is 0.500. The minimum absolute atomic E-state index is 0.143. The lowest BCUT2D eigenvalue weighted by atomic mass is 10.2. The highest BCUT2D eigenvalue weighted by atomic mass is 19.1. The Morgan fingerprint density at radius 3 is 1.98 bits per heavy atom. The first-order valence-corrected chi connectivity index (χ1v) is 13.9. The normalized spacial score (nSPS) is 23.3. The number of amides is 2. The topological polar surface area (TPSA) is 96.0 Å². The average molecular weight is 574 g/mol. The number of carbonyl (C=O) groups is 2. The van der Waals surface area contributed by atoms with E-state index < -0.39 is 29.9 Å². The maximum Gasteiger partial charge on any atom is 0.414 e. The molecule has 4 heterocycles. The van der Waals surface area contributed by atoms with Crippen molar-refractivity contribution >= 4 is 34.9 Å². The summed E-state index contributed by atoms with van der Waals surface area (Å²) in [4.78, 5) is 31.8. The monoisotopic (exact) mass is 573 g/mol. The summed E-state index contributed by atoms with van der Waals surface area (Å²) in [6.45, 7) is 5.66. The van der Waals surface area contributed by atoms with Crippen LogP contribution in [0.25, 0.3) is 0 Å². The number of nitrogens with zero attached hydrogens (tertiary/aromatic N) is 4. The van der Waals surface area contributed by atoms with Gasteiger partial charge in [-0.25, -0.2) is 18.4 Å². The van der Waals surface area contributed by atoms with Crippen molar-refractivity contribution in [2.45, 2.75) is 12.1 Å². The predicted molar refractivity (Wildman–Crippen MR) is 147 cm³/mol. The molecule has 2 aromatic carbocycles. The van der Waals surface area contributed by atoms with Crippen molar-refractivity contribution in [3.05, 3.63) is 48.0 Å². The molecule has 4 aliphatic heterocycles. The van der Waals surface area contributed by atoms with E-state index in [1.54, 1.807) is 24.3 Å². The van der Waals surface area contributed by atoms with Crippen LogP contribution < -0.4 is 24.9 Å². The highest BCUT2D eigenvalue weighted by Crippen LogP contribution is 2.30. The lowest BCUT2D eigenvalue weighted by Crippen LogP contribution is -2.43.